The van der Waals surface area contributed by atoms with Crippen LogP contribution in [0.5, 0.6) is 0 Å². The van der Waals surface area contributed by atoms with Gasteiger partial charge in [0.25, 0.3) is 0 Å². The predicted octanol–water partition coefficient (Wildman–Crippen LogP) is 3.22. The summed E-state index contributed by atoms with van der Waals surface area (Å²) in [5, 5.41) is 8.81. The molecule has 0 aromatic carbocycles. The lowest BCUT2D eigenvalue weighted by atomic mass is 10.2. The van der Waals surface area contributed by atoms with Gasteiger partial charge in [-0.3, -0.25) is 4.98 Å². The van der Waals surface area contributed by atoms with E-state index in [0.29, 0.717) is 5.57 Å². The van der Waals surface area contributed by atoms with Gasteiger partial charge in [-0.2, -0.15) is 0 Å². The second-order valence-corrected chi connectivity index (χ2v) is 5.17. The van der Waals surface area contributed by atoms with E-state index in [9.17, 15) is 4.79 Å². The third-order valence-electron chi connectivity index (χ3n) is 2.48. The molecule has 0 spiro atoms. The molecule has 0 fully saturated rings. The van der Waals surface area contributed by atoms with Crippen molar-refractivity contribution < 1.29 is 9.90 Å². The Morgan fingerprint density at radius 1 is 1.44 bits per heavy atom. The van der Waals surface area contributed by atoms with E-state index in [4.69, 9.17) is 5.11 Å². The van der Waals surface area contributed by atoms with Crippen LogP contribution in [0.3, 0.4) is 0 Å². The Bertz CT molecular complexity index is 572. The average Bonchev–Trinajstić information content (AvgIpc) is 2.77. The van der Waals surface area contributed by atoms with Gasteiger partial charge in [-0.15, -0.1) is 11.3 Å². The predicted molar refractivity (Wildman–Crippen MR) is 72.6 cm³/mol. The van der Waals surface area contributed by atoms with Gasteiger partial charge >= 0.3 is 5.97 Å². The number of rotatable bonds is 4. The third kappa shape index (κ3) is 3.28. The maximum Gasteiger partial charge on any atom is 0.331 e. The minimum Gasteiger partial charge on any atom is -0.478 e. The molecule has 4 heteroatoms. The topological polar surface area (TPSA) is 50.2 Å². The molecule has 0 amide bonds. The highest BCUT2D eigenvalue weighted by Gasteiger charge is 2.03. The Morgan fingerprint density at radius 3 is 2.94 bits per heavy atom. The first-order chi connectivity index (χ1) is 8.65. The van der Waals surface area contributed by atoms with Crippen molar-refractivity contribution in [2.75, 3.05) is 0 Å². The SMILES string of the molecule is CC(=Cc1ccc(Cc2cccnc2)s1)C(=O)O. The molecule has 0 aliphatic rings. The monoisotopic (exact) mass is 259 g/mol. The summed E-state index contributed by atoms with van der Waals surface area (Å²) in [4.78, 5) is 17.0. The highest BCUT2D eigenvalue weighted by Crippen LogP contribution is 2.21. The average molecular weight is 259 g/mol. The van der Waals surface area contributed by atoms with Crippen LogP contribution >= 0.6 is 11.3 Å². The molecule has 0 atom stereocenters. The lowest BCUT2D eigenvalue weighted by molar-refractivity contribution is -0.132. The Hall–Kier alpha value is -1.94. The fourth-order valence-corrected chi connectivity index (χ4v) is 2.60. The molecule has 2 rings (SSSR count). The molecule has 0 aliphatic heterocycles. The number of hydrogen-bond acceptors (Lipinski definition) is 3. The molecule has 1 N–H and O–H groups in total. The lowest BCUT2D eigenvalue weighted by Gasteiger charge is -1.96. The molecule has 2 aromatic rings. The first-order valence-corrected chi connectivity index (χ1v) is 6.36. The Labute approximate surface area is 109 Å². The van der Waals surface area contributed by atoms with Crippen molar-refractivity contribution in [2.24, 2.45) is 0 Å². The Morgan fingerprint density at radius 2 is 2.28 bits per heavy atom. The van der Waals surface area contributed by atoms with Gasteiger partial charge in [0.2, 0.25) is 0 Å². The maximum atomic E-state index is 10.7. The molecule has 0 saturated carbocycles. The van der Waals surface area contributed by atoms with E-state index >= 15 is 0 Å². The zero-order valence-corrected chi connectivity index (χ0v) is 10.8. The molecular formula is C14H13NO2S. The molecule has 0 bridgehead atoms. The van der Waals surface area contributed by atoms with E-state index in [1.54, 1.807) is 30.5 Å². The normalized spacial score (nSPS) is 11.5. The third-order valence-corrected chi connectivity index (χ3v) is 3.51. The first kappa shape index (κ1) is 12.5. The van der Waals surface area contributed by atoms with Crippen molar-refractivity contribution in [1.82, 2.24) is 4.98 Å². The molecule has 2 heterocycles. The summed E-state index contributed by atoms with van der Waals surface area (Å²) in [6.45, 7) is 1.60. The molecule has 0 aliphatic carbocycles. The number of thiophene rings is 1. The zero-order valence-electron chi connectivity index (χ0n) is 9.96. The summed E-state index contributed by atoms with van der Waals surface area (Å²) in [5.74, 6) is -0.878. The summed E-state index contributed by atoms with van der Waals surface area (Å²) >= 11 is 1.61. The van der Waals surface area contributed by atoms with Crippen molar-refractivity contribution in [1.29, 1.82) is 0 Å². The molecule has 0 unspecified atom stereocenters. The lowest BCUT2D eigenvalue weighted by Crippen LogP contribution is -1.94. The van der Waals surface area contributed by atoms with Crippen LogP contribution in [-0.2, 0) is 11.2 Å². The van der Waals surface area contributed by atoms with Crippen molar-refractivity contribution in [3.05, 3.63) is 57.6 Å². The van der Waals surface area contributed by atoms with Gasteiger partial charge in [0, 0.05) is 34.1 Å². The van der Waals surface area contributed by atoms with E-state index in [1.807, 2.05) is 30.5 Å². The number of hydrogen-bond donors (Lipinski definition) is 1. The van der Waals surface area contributed by atoms with E-state index in [0.717, 1.165) is 16.9 Å². The number of aliphatic carboxylic acids is 1. The van der Waals surface area contributed by atoms with Gasteiger partial charge in [-0.05, 0) is 36.8 Å². The van der Waals surface area contributed by atoms with Gasteiger partial charge in [0.1, 0.15) is 0 Å². The molecule has 0 radical (unpaired) electrons. The van der Waals surface area contributed by atoms with Crippen LogP contribution in [0.2, 0.25) is 0 Å². The minimum atomic E-state index is -0.878. The van der Waals surface area contributed by atoms with Crippen molar-refractivity contribution in [2.45, 2.75) is 13.3 Å². The number of pyridine rings is 1. The maximum absolute atomic E-state index is 10.7. The van der Waals surface area contributed by atoms with Crippen LogP contribution in [0.15, 0.2) is 42.2 Å². The van der Waals surface area contributed by atoms with Crippen LogP contribution in [0, 0.1) is 0 Å². The second kappa shape index (κ2) is 5.60. The van der Waals surface area contributed by atoms with Gasteiger partial charge in [-0.25, -0.2) is 4.79 Å². The number of carboxylic acids is 1. The highest BCUT2D eigenvalue weighted by molar-refractivity contribution is 7.12. The zero-order chi connectivity index (χ0) is 13.0. The molecule has 3 nitrogen and oxygen atoms in total. The van der Waals surface area contributed by atoms with Crippen molar-refractivity contribution >= 4 is 23.4 Å². The van der Waals surface area contributed by atoms with Gasteiger partial charge in [-0.1, -0.05) is 6.07 Å². The van der Waals surface area contributed by atoms with Gasteiger partial charge < -0.3 is 5.11 Å². The fraction of sp³-hybridized carbons (Fsp3) is 0.143. The molecule has 92 valence electrons. The fourth-order valence-electron chi connectivity index (χ4n) is 1.55. The van der Waals surface area contributed by atoms with E-state index in [1.165, 1.54) is 4.88 Å². The summed E-state index contributed by atoms with van der Waals surface area (Å²) in [6, 6.07) is 7.92. The molecule has 2 aromatic heterocycles. The van der Waals surface area contributed by atoms with E-state index < -0.39 is 5.97 Å². The van der Waals surface area contributed by atoms with Crippen molar-refractivity contribution in [3.8, 4) is 0 Å². The number of carbonyl (C=O) groups is 1. The number of carboxylic acid groups (broad SMARTS) is 1. The summed E-state index contributed by atoms with van der Waals surface area (Å²) in [5.41, 5.74) is 1.51. The van der Waals surface area contributed by atoms with Crippen molar-refractivity contribution in [3.63, 3.8) is 0 Å². The summed E-state index contributed by atoms with van der Waals surface area (Å²) < 4.78 is 0. The highest BCUT2D eigenvalue weighted by atomic mass is 32.1. The van der Waals surface area contributed by atoms with Crippen LogP contribution in [-0.4, -0.2) is 16.1 Å². The largest absolute Gasteiger partial charge is 0.478 e. The van der Waals surface area contributed by atoms with Gasteiger partial charge in [0.05, 0.1) is 0 Å². The van der Waals surface area contributed by atoms with Crippen LogP contribution in [0.25, 0.3) is 6.08 Å². The van der Waals surface area contributed by atoms with Crippen LogP contribution in [0.4, 0.5) is 0 Å². The van der Waals surface area contributed by atoms with E-state index in [-0.39, 0.29) is 0 Å². The van der Waals surface area contributed by atoms with E-state index in [2.05, 4.69) is 4.98 Å². The Balaban J connectivity index is 2.12. The van der Waals surface area contributed by atoms with Crippen LogP contribution < -0.4 is 0 Å². The molecular weight excluding hydrogens is 246 g/mol. The smallest absolute Gasteiger partial charge is 0.331 e. The van der Waals surface area contributed by atoms with Crippen LogP contribution in [0.1, 0.15) is 22.2 Å². The number of nitrogens with zero attached hydrogens (tertiary/aromatic N) is 1. The molecule has 0 saturated heterocycles. The standard InChI is InChI=1S/C14H13NO2S/c1-10(14(16)17)7-12-4-5-13(18-12)8-11-3-2-6-15-9-11/h2-7,9H,8H2,1H3,(H,16,17). The quantitative estimate of drug-likeness (QED) is 0.858. The Kier molecular flexibility index (Phi) is 3.89. The second-order valence-electron chi connectivity index (χ2n) is 3.97. The minimum absolute atomic E-state index is 0.352. The first-order valence-electron chi connectivity index (χ1n) is 5.54. The molecule has 18 heavy (non-hydrogen) atoms. The summed E-state index contributed by atoms with van der Waals surface area (Å²) in [6.07, 6.45) is 6.12. The van der Waals surface area contributed by atoms with Gasteiger partial charge in [0.15, 0.2) is 0 Å². The number of aromatic nitrogens is 1. The summed E-state index contributed by atoms with van der Waals surface area (Å²) in [7, 11) is 0.